The zero-order chi connectivity index (χ0) is 17.7. The number of hydrogen-bond donors (Lipinski definition) is 3. The van der Waals surface area contributed by atoms with Crippen LogP contribution in [-0.4, -0.2) is 25.6 Å². The molecule has 0 radical (unpaired) electrons. The van der Waals surface area contributed by atoms with E-state index < -0.39 is 32.5 Å². The summed E-state index contributed by atoms with van der Waals surface area (Å²) in [7, 11) is -4.27. The zero-order valence-corrected chi connectivity index (χ0v) is 13.1. The van der Waals surface area contributed by atoms with Gasteiger partial charge in [0.05, 0.1) is 10.5 Å². The van der Waals surface area contributed by atoms with E-state index in [0.717, 1.165) is 17.7 Å². The molecule has 0 aliphatic rings. The van der Waals surface area contributed by atoms with Gasteiger partial charge in [0.1, 0.15) is 6.61 Å². The van der Waals surface area contributed by atoms with Crippen LogP contribution >= 0.6 is 0 Å². The lowest BCUT2D eigenvalue weighted by Gasteiger charge is -2.09. The number of benzene rings is 2. The number of hydrogen-bond acceptors (Lipinski definition) is 5. The van der Waals surface area contributed by atoms with Crippen molar-refractivity contribution in [1.82, 2.24) is 0 Å². The van der Waals surface area contributed by atoms with Gasteiger partial charge in [-0.2, -0.15) is 0 Å². The first kappa shape index (κ1) is 17.4. The van der Waals surface area contributed by atoms with Gasteiger partial charge in [0.15, 0.2) is 0 Å². The smallest absolute Gasteiger partial charge is 0.411 e. The van der Waals surface area contributed by atoms with Crippen molar-refractivity contribution < 1.29 is 27.9 Å². The number of amides is 1. The number of carbonyl (C=O) groups is 2. The summed E-state index contributed by atoms with van der Waals surface area (Å²) < 4.78 is 27.9. The molecule has 0 saturated carbocycles. The molecule has 2 aromatic rings. The Balaban J connectivity index is 2.12. The van der Waals surface area contributed by atoms with Crippen molar-refractivity contribution in [2.24, 2.45) is 5.14 Å². The minimum absolute atomic E-state index is 0.0297. The molecule has 24 heavy (non-hydrogen) atoms. The summed E-state index contributed by atoms with van der Waals surface area (Å²) in [6.07, 6.45) is -0.817. The topological polar surface area (TPSA) is 136 Å². The maximum absolute atomic E-state index is 11.7. The molecule has 126 valence electrons. The summed E-state index contributed by atoms with van der Waals surface area (Å²) in [5.41, 5.74) is 0.335. The average molecular weight is 350 g/mol. The Morgan fingerprint density at radius 3 is 2.38 bits per heavy atom. The van der Waals surface area contributed by atoms with Crippen LogP contribution in [0.15, 0.2) is 53.4 Å². The molecule has 0 bridgehead atoms. The van der Waals surface area contributed by atoms with E-state index in [2.05, 4.69) is 5.32 Å². The van der Waals surface area contributed by atoms with E-state index in [-0.39, 0.29) is 12.3 Å². The molecule has 0 atom stereocenters. The highest BCUT2D eigenvalue weighted by Crippen LogP contribution is 2.20. The molecule has 1 amide bonds. The lowest BCUT2D eigenvalue weighted by Crippen LogP contribution is -2.18. The van der Waals surface area contributed by atoms with Gasteiger partial charge in [-0.1, -0.05) is 30.3 Å². The highest BCUT2D eigenvalue weighted by Gasteiger charge is 2.20. The number of anilines is 1. The van der Waals surface area contributed by atoms with Gasteiger partial charge in [-0.25, -0.2) is 23.1 Å². The van der Waals surface area contributed by atoms with Gasteiger partial charge in [-0.15, -0.1) is 0 Å². The number of carboxylic acids is 1. The maximum atomic E-state index is 11.7. The van der Waals surface area contributed by atoms with Crippen LogP contribution in [0, 0.1) is 0 Å². The third kappa shape index (κ3) is 4.54. The van der Waals surface area contributed by atoms with Crippen LogP contribution in [0.3, 0.4) is 0 Å². The van der Waals surface area contributed by atoms with E-state index in [1.165, 1.54) is 6.07 Å². The van der Waals surface area contributed by atoms with Crippen LogP contribution in [0.1, 0.15) is 15.9 Å². The molecular weight excluding hydrogens is 336 g/mol. The lowest BCUT2D eigenvalue weighted by molar-refractivity contribution is 0.0692. The third-order valence-corrected chi connectivity index (χ3v) is 3.93. The van der Waals surface area contributed by atoms with Crippen LogP contribution in [0.25, 0.3) is 0 Å². The normalized spacial score (nSPS) is 10.9. The minimum atomic E-state index is -4.27. The highest BCUT2D eigenvalue weighted by atomic mass is 32.2. The van der Waals surface area contributed by atoms with Gasteiger partial charge >= 0.3 is 12.1 Å². The van der Waals surface area contributed by atoms with Crippen molar-refractivity contribution >= 4 is 27.8 Å². The van der Waals surface area contributed by atoms with Gasteiger partial charge in [0, 0.05) is 5.69 Å². The predicted molar refractivity (Wildman–Crippen MR) is 85.0 cm³/mol. The second kappa shape index (κ2) is 7.11. The summed E-state index contributed by atoms with van der Waals surface area (Å²) in [5, 5.41) is 16.3. The first-order valence-corrected chi connectivity index (χ1v) is 8.20. The summed E-state index contributed by atoms with van der Waals surface area (Å²) >= 11 is 0. The molecule has 0 spiro atoms. The summed E-state index contributed by atoms with van der Waals surface area (Å²) in [6, 6.07) is 12.2. The van der Waals surface area contributed by atoms with E-state index >= 15 is 0 Å². The number of rotatable bonds is 5. The summed E-state index contributed by atoms with van der Waals surface area (Å²) in [6.45, 7) is 0.0297. The van der Waals surface area contributed by atoms with E-state index in [0.29, 0.717) is 0 Å². The molecule has 0 aliphatic carbocycles. The van der Waals surface area contributed by atoms with Gasteiger partial charge in [-0.3, -0.25) is 5.32 Å². The van der Waals surface area contributed by atoms with Crippen LogP contribution in [0.5, 0.6) is 0 Å². The van der Waals surface area contributed by atoms with Gasteiger partial charge < -0.3 is 9.84 Å². The van der Waals surface area contributed by atoms with Crippen molar-refractivity contribution in [3.63, 3.8) is 0 Å². The number of carbonyl (C=O) groups excluding carboxylic acids is 1. The fraction of sp³-hybridized carbons (Fsp3) is 0.0667. The molecular formula is C15H14N2O6S. The monoisotopic (exact) mass is 350 g/mol. The fourth-order valence-corrected chi connectivity index (χ4v) is 2.64. The fourth-order valence-electron chi connectivity index (χ4n) is 1.89. The second-order valence-corrected chi connectivity index (χ2v) is 6.28. The molecule has 0 unspecified atom stereocenters. The summed E-state index contributed by atoms with van der Waals surface area (Å²) in [4.78, 5) is 22.2. The van der Waals surface area contributed by atoms with Crippen LogP contribution < -0.4 is 10.5 Å². The molecule has 2 rings (SSSR count). The molecule has 0 aromatic heterocycles. The lowest BCUT2D eigenvalue weighted by atomic mass is 10.2. The van der Waals surface area contributed by atoms with Gasteiger partial charge in [0.25, 0.3) is 0 Å². The average Bonchev–Trinajstić information content (AvgIpc) is 2.53. The number of sulfonamides is 1. The van der Waals surface area contributed by atoms with E-state index in [9.17, 15) is 18.0 Å². The van der Waals surface area contributed by atoms with E-state index in [1.807, 2.05) is 6.07 Å². The number of nitrogens with two attached hydrogens (primary N) is 1. The molecule has 4 N–H and O–H groups in total. The van der Waals surface area contributed by atoms with Crippen molar-refractivity contribution in [3.8, 4) is 0 Å². The first-order chi connectivity index (χ1) is 11.3. The van der Waals surface area contributed by atoms with E-state index in [4.69, 9.17) is 15.0 Å². The largest absolute Gasteiger partial charge is 0.478 e. The standard InChI is InChI=1S/C15H14N2O6S/c16-24(21,22)13-8-11(6-7-12(13)14(18)19)17-15(20)23-9-10-4-2-1-3-5-10/h1-8H,9H2,(H,17,20)(H,18,19)(H2,16,21,22). The van der Waals surface area contributed by atoms with Gasteiger partial charge in [-0.05, 0) is 23.8 Å². The molecule has 0 aliphatic heterocycles. The maximum Gasteiger partial charge on any atom is 0.411 e. The van der Waals surface area contributed by atoms with Crippen molar-refractivity contribution in [2.75, 3.05) is 5.32 Å². The highest BCUT2D eigenvalue weighted by molar-refractivity contribution is 7.89. The molecule has 0 heterocycles. The van der Waals surface area contributed by atoms with Gasteiger partial charge in [0.2, 0.25) is 10.0 Å². The third-order valence-electron chi connectivity index (χ3n) is 2.98. The Morgan fingerprint density at radius 2 is 1.79 bits per heavy atom. The summed E-state index contributed by atoms with van der Waals surface area (Å²) in [5.74, 6) is -1.45. The SMILES string of the molecule is NS(=O)(=O)c1cc(NC(=O)OCc2ccccc2)ccc1C(=O)O. The Labute approximate surface area is 137 Å². The Bertz CT molecular complexity index is 865. The van der Waals surface area contributed by atoms with Crippen LogP contribution in [0.2, 0.25) is 0 Å². The first-order valence-electron chi connectivity index (χ1n) is 6.65. The molecule has 9 heteroatoms. The number of carboxylic acid groups (broad SMARTS) is 1. The quantitative estimate of drug-likeness (QED) is 0.752. The Kier molecular flexibility index (Phi) is 5.17. The minimum Gasteiger partial charge on any atom is -0.478 e. The van der Waals surface area contributed by atoms with Crippen LogP contribution in [0.4, 0.5) is 10.5 Å². The van der Waals surface area contributed by atoms with E-state index in [1.54, 1.807) is 24.3 Å². The zero-order valence-electron chi connectivity index (χ0n) is 12.3. The predicted octanol–water partition coefficient (Wildman–Crippen LogP) is 1.78. The van der Waals surface area contributed by atoms with Crippen molar-refractivity contribution in [3.05, 3.63) is 59.7 Å². The molecule has 2 aromatic carbocycles. The number of nitrogens with one attached hydrogen (secondary N) is 1. The van der Waals surface area contributed by atoms with Crippen molar-refractivity contribution in [1.29, 1.82) is 0 Å². The number of aromatic carboxylic acids is 1. The molecule has 0 saturated heterocycles. The van der Waals surface area contributed by atoms with Crippen LogP contribution in [-0.2, 0) is 21.4 Å². The Hall–Kier alpha value is -2.91. The number of ether oxygens (including phenoxy) is 1. The second-order valence-electron chi connectivity index (χ2n) is 4.75. The molecule has 0 fully saturated rings. The number of primary sulfonamides is 1. The Morgan fingerprint density at radius 1 is 1.12 bits per heavy atom. The van der Waals surface area contributed by atoms with Crippen molar-refractivity contribution in [2.45, 2.75) is 11.5 Å². The molecule has 8 nitrogen and oxygen atoms in total.